The third-order valence-electron chi connectivity index (χ3n) is 3.92. The molecule has 5 heteroatoms. The molecule has 21 heavy (non-hydrogen) atoms. The molecule has 0 aromatic heterocycles. The van der Waals surface area contributed by atoms with Crippen molar-refractivity contribution in [2.45, 2.75) is 32.2 Å². The topological polar surface area (TPSA) is 46.6 Å². The fraction of sp³-hybridized carbons (Fsp3) is 0.500. The Morgan fingerprint density at radius 2 is 2.00 bits per heavy atom. The Labute approximate surface area is 133 Å². The number of hydrogen-bond donors (Lipinski definition) is 0. The predicted molar refractivity (Wildman–Crippen MR) is 83.6 cm³/mol. The molecule has 1 fully saturated rings. The van der Waals surface area contributed by atoms with E-state index in [1.807, 2.05) is 24.3 Å². The molecule has 114 valence electrons. The van der Waals surface area contributed by atoms with Crippen molar-refractivity contribution in [2.24, 2.45) is 5.92 Å². The number of nitrogens with zero attached hydrogens (tertiary/aromatic N) is 1. The van der Waals surface area contributed by atoms with E-state index in [-0.39, 0.29) is 30.4 Å². The standard InChI is InChI=1S/C16H20BrNO3/c1-3-4-5-13-15(11-6-8-12(17)9-7-11)18(16(13)20)10-14(19)21-2/h6-9,13,15H,3-5,10H2,1-2H3/t13-,15-/m1/s1. The number of halogens is 1. The second kappa shape index (κ2) is 7.07. The number of unbranched alkanes of at least 4 members (excludes halogenated alkanes) is 1. The Bertz CT molecular complexity index is 515. The molecule has 2 rings (SSSR count). The molecule has 4 nitrogen and oxygen atoms in total. The molecule has 0 radical (unpaired) electrons. The first-order valence-electron chi connectivity index (χ1n) is 7.21. The summed E-state index contributed by atoms with van der Waals surface area (Å²) in [6, 6.07) is 7.92. The minimum absolute atomic E-state index is 0.0174. The van der Waals surface area contributed by atoms with Gasteiger partial charge in [0.25, 0.3) is 0 Å². The molecule has 1 amide bonds. The van der Waals surface area contributed by atoms with Crippen molar-refractivity contribution in [2.75, 3.05) is 13.7 Å². The second-order valence-corrected chi connectivity index (χ2v) is 6.20. The molecule has 0 bridgehead atoms. The van der Waals surface area contributed by atoms with E-state index in [0.29, 0.717) is 0 Å². The summed E-state index contributed by atoms with van der Waals surface area (Å²) in [6.45, 7) is 2.14. The van der Waals surface area contributed by atoms with E-state index in [2.05, 4.69) is 27.6 Å². The molecule has 0 saturated carbocycles. The van der Waals surface area contributed by atoms with E-state index in [9.17, 15) is 9.59 Å². The summed E-state index contributed by atoms with van der Waals surface area (Å²) in [5, 5.41) is 0. The van der Waals surface area contributed by atoms with Crippen LogP contribution in [0.15, 0.2) is 28.7 Å². The monoisotopic (exact) mass is 353 g/mol. The quantitative estimate of drug-likeness (QED) is 0.582. The normalized spacial score (nSPS) is 21.1. The van der Waals surface area contributed by atoms with Gasteiger partial charge in [0.05, 0.1) is 19.1 Å². The number of hydrogen-bond acceptors (Lipinski definition) is 3. The summed E-state index contributed by atoms with van der Waals surface area (Å²) in [6.07, 6.45) is 2.96. The highest BCUT2D eigenvalue weighted by molar-refractivity contribution is 9.10. The fourth-order valence-corrected chi connectivity index (χ4v) is 3.04. The Morgan fingerprint density at radius 3 is 2.57 bits per heavy atom. The van der Waals surface area contributed by atoms with Crippen LogP contribution in [0.25, 0.3) is 0 Å². The molecule has 0 aliphatic carbocycles. The van der Waals surface area contributed by atoms with Crippen LogP contribution in [0.2, 0.25) is 0 Å². The number of esters is 1. The Hall–Kier alpha value is -1.36. The molecule has 1 saturated heterocycles. The van der Waals surface area contributed by atoms with Gasteiger partial charge >= 0.3 is 5.97 Å². The van der Waals surface area contributed by atoms with Gasteiger partial charge < -0.3 is 9.64 Å². The van der Waals surface area contributed by atoms with Gasteiger partial charge in [0, 0.05) is 4.47 Å². The third-order valence-corrected chi connectivity index (χ3v) is 4.45. The largest absolute Gasteiger partial charge is 0.468 e. The maximum atomic E-state index is 12.3. The summed E-state index contributed by atoms with van der Waals surface area (Å²) in [4.78, 5) is 25.4. The van der Waals surface area contributed by atoms with Gasteiger partial charge in [0.2, 0.25) is 5.91 Å². The van der Waals surface area contributed by atoms with Crippen molar-refractivity contribution in [1.82, 2.24) is 4.90 Å². The molecule has 0 spiro atoms. The lowest BCUT2D eigenvalue weighted by atomic mass is 9.79. The van der Waals surface area contributed by atoms with Crippen molar-refractivity contribution in [1.29, 1.82) is 0 Å². The van der Waals surface area contributed by atoms with Gasteiger partial charge in [-0.15, -0.1) is 0 Å². The van der Waals surface area contributed by atoms with Gasteiger partial charge in [-0.1, -0.05) is 47.8 Å². The zero-order valence-electron chi connectivity index (χ0n) is 12.3. The number of likely N-dealkylation sites (tertiary alicyclic amines) is 1. The predicted octanol–water partition coefficient (Wildman–Crippen LogP) is 3.31. The van der Waals surface area contributed by atoms with Crippen LogP contribution in [0.4, 0.5) is 0 Å². The highest BCUT2D eigenvalue weighted by Crippen LogP contribution is 2.42. The number of benzene rings is 1. The van der Waals surface area contributed by atoms with E-state index in [1.165, 1.54) is 7.11 Å². The summed E-state index contributed by atoms with van der Waals surface area (Å²) in [5.74, 6) is -0.336. The van der Waals surface area contributed by atoms with Crippen molar-refractivity contribution < 1.29 is 14.3 Å². The minimum atomic E-state index is -0.376. The molecule has 1 aromatic carbocycles. The number of ether oxygens (including phenoxy) is 1. The highest BCUT2D eigenvalue weighted by Gasteiger charge is 2.47. The first kappa shape index (κ1) is 16.0. The maximum absolute atomic E-state index is 12.3. The van der Waals surface area contributed by atoms with Crippen LogP contribution in [0.5, 0.6) is 0 Å². The SMILES string of the molecule is CCCC[C@H]1C(=O)N(CC(=O)OC)[C@@H]1c1ccc(Br)cc1. The molecule has 2 atom stereocenters. The smallest absolute Gasteiger partial charge is 0.325 e. The minimum Gasteiger partial charge on any atom is -0.468 e. The Morgan fingerprint density at radius 1 is 1.33 bits per heavy atom. The zero-order valence-corrected chi connectivity index (χ0v) is 13.9. The lowest BCUT2D eigenvalue weighted by Crippen LogP contribution is -2.56. The van der Waals surface area contributed by atoms with Gasteiger partial charge in [-0.25, -0.2) is 0 Å². The number of methoxy groups -OCH3 is 1. The Kier molecular flexibility index (Phi) is 5.39. The van der Waals surface area contributed by atoms with E-state index in [0.717, 1.165) is 29.3 Å². The molecule has 0 N–H and O–H groups in total. The molecular weight excluding hydrogens is 334 g/mol. The first-order chi connectivity index (χ1) is 10.1. The van der Waals surface area contributed by atoms with Crippen molar-refractivity contribution in [3.8, 4) is 0 Å². The van der Waals surface area contributed by atoms with Crippen LogP contribution < -0.4 is 0 Å². The molecule has 1 aliphatic rings. The molecule has 1 aromatic rings. The van der Waals surface area contributed by atoms with E-state index >= 15 is 0 Å². The summed E-state index contributed by atoms with van der Waals surface area (Å²) in [5.41, 5.74) is 1.07. The second-order valence-electron chi connectivity index (χ2n) is 5.29. The molecule has 1 heterocycles. The molecule has 0 unspecified atom stereocenters. The zero-order chi connectivity index (χ0) is 15.4. The average Bonchev–Trinajstić information content (AvgIpc) is 2.50. The Balaban J connectivity index is 2.18. The van der Waals surface area contributed by atoms with Gasteiger partial charge in [0.15, 0.2) is 0 Å². The van der Waals surface area contributed by atoms with Crippen LogP contribution in [-0.4, -0.2) is 30.4 Å². The van der Waals surface area contributed by atoms with Crippen LogP contribution in [0, 0.1) is 5.92 Å². The first-order valence-corrected chi connectivity index (χ1v) is 8.00. The lowest BCUT2D eigenvalue weighted by molar-refractivity contribution is -0.165. The van der Waals surface area contributed by atoms with E-state index in [4.69, 9.17) is 0 Å². The van der Waals surface area contributed by atoms with Crippen molar-refractivity contribution >= 4 is 27.8 Å². The number of rotatable bonds is 6. The van der Waals surface area contributed by atoms with Crippen LogP contribution in [-0.2, 0) is 14.3 Å². The molecular formula is C16H20BrNO3. The number of amides is 1. The van der Waals surface area contributed by atoms with Crippen LogP contribution in [0.3, 0.4) is 0 Å². The molecule has 1 aliphatic heterocycles. The van der Waals surface area contributed by atoms with Gasteiger partial charge in [-0.3, -0.25) is 9.59 Å². The van der Waals surface area contributed by atoms with Gasteiger partial charge in [0.1, 0.15) is 6.54 Å². The lowest BCUT2D eigenvalue weighted by Gasteiger charge is -2.47. The summed E-state index contributed by atoms with van der Waals surface area (Å²) < 4.78 is 5.69. The van der Waals surface area contributed by atoms with Crippen LogP contribution >= 0.6 is 15.9 Å². The fourth-order valence-electron chi connectivity index (χ4n) is 2.78. The number of carbonyl (C=O) groups excluding carboxylic acids is 2. The number of β-lactam (4-membered cyclic amide) rings is 1. The van der Waals surface area contributed by atoms with Crippen molar-refractivity contribution in [3.63, 3.8) is 0 Å². The maximum Gasteiger partial charge on any atom is 0.325 e. The third kappa shape index (κ3) is 3.46. The van der Waals surface area contributed by atoms with E-state index in [1.54, 1.807) is 4.90 Å². The summed E-state index contributed by atoms with van der Waals surface area (Å²) in [7, 11) is 1.34. The van der Waals surface area contributed by atoms with Gasteiger partial charge in [-0.2, -0.15) is 0 Å². The van der Waals surface area contributed by atoms with Crippen LogP contribution in [0.1, 0.15) is 37.8 Å². The van der Waals surface area contributed by atoms with Gasteiger partial charge in [-0.05, 0) is 24.1 Å². The average molecular weight is 354 g/mol. The van der Waals surface area contributed by atoms with Crippen molar-refractivity contribution in [3.05, 3.63) is 34.3 Å². The number of carbonyl (C=O) groups is 2. The summed E-state index contributed by atoms with van der Waals surface area (Å²) >= 11 is 3.42. The van der Waals surface area contributed by atoms with E-state index < -0.39 is 0 Å². The highest BCUT2D eigenvalue weighted by atomic mass is 79.9.